The number of carbonyl (C=O) groups excluding carboxylic acids is 1. The summed E-state index contributed by atoms with van der Waals surface area (Å²) in [6.07, 6.45) is 2.66. The SMILES string of the molecule is Cc1ccccc1NC(=O)COc1ccc2c3c(c(=O)oc2c1C)CCC3. The molecule has 0 bridgehead atoms. The number of carbonyl (C=O) groups is 1. The van der Waals surface area contributed by atoms with Gasteiger partial charge in [0, 0.05) is 22.2 Å². The molecule has 0 aliphatic heterocycles. The summed E-state index contributed by atoms with van der Waals surface area (Å²) < 4.78 is 11.3. The van der Waals surface area contributed by atoms with E-state index in [1.54, 1.807) is 0 Å². The first-order valence-corrected chi connectivity index (χ1v) is 9.11. The van der Waals surface area contributed by atoms with Crippen LogP contribution in [-0.4, -0.2) is 12.5 Å². The standard InChI is InChI=1S/C22H21NO4/c1-13-6-3-4-9-18(13)23-20(24)12-26-19-11-10-16-15-7-5-8-17(15)22(25)27-21(16)14(19)2/h3-4,6,9-11H,5,7-8,12H2,1-2H3,(H,23,24). The van der Waals surface area contributed by atoms with Crippen LogP contribution in [0, 0.1) is 13.8 Å². The van der Waals surface area contributed by atoms with Gasteiger partial charge in [-0.3, -0.25) is 4.79 Å². The van der Waals surface area contributed by atoms with E-state index in [1.165, 1.54) is 0 Å². The molecule has 0 radical (unpaired) electrons. The van der Waals surface area contributed by atoms with Gasteiger partial charge in [0.15, 0.2) is 6.61 Å². The molecular weight excluding hydrogens is 342 g/mol. The summed E-state index contributed by atoms with van der Waals surface area (Å²) in [5, 5.41) is 3.81. The Balaban J connectivity index is 1.55. The first-order chi connectivity index (χ1) is 13.0. The quantitative estimate of drug-likeness (QED) is 0.714. The Kier molecular flexibility index (Phi) is 4.44. The molecule has 27 heavy (non-hydrogen) atoms. The van der Waals surface area contributed by atoms with Crippen molar-refractivity contribution in [2.75, 3.05) is 11.9 Å². The van der Waals surface area contributed by atoms with Gasteiger partial charge >= 0.3 is 5.63 Å². The van der Waals surface area contributed by atoms with Gasteiger partial charge in [-0.05, 0) is 62.4 Å². The third kappa shape index (κ3) is 3.21. The van der Waals surface area contributed by atoms with Crippen LogP contribution in [0.4, 0.5) is 5.69 Å². The maximum atomic E-state index is 12.2. The highest BCUT2D eigenvalue weighted by Gasteiger charge is 2.21. The Morgan fingerprint density at radius 3 is 2.70 bits per heavy atom. The highest BCUT2D eigenvalue weighted by atomic mass is 16.5. The maximum absolute atomic E-state index is 12.2. The molecule has 0 unspecified atom stereocenters. The van der Waals surface area contributed by atoms with Gasteiger partial charge in [0.2, 0.25) is 0 Å². The fraction of sp³-hybridized carbons (Fsp3) is 0.273. The van der Waals surface area contributed by atoms with Crippen molar-refractivity contribution >= 4 is 22.6 Å². The molecule has 1 amide bonds. The summed E-state index contributed by atoms with van der Waals surface area (Å²) in [5.74, 6) is 0.308. The molecule has 2 aromatic carbocycles. The molecule has 1 aromatic heterocycles. The lowest BCUT2D eigenvalue weighted by atomic mass is 10.0. The largest absolute Gasteiger partial charge is 0.483 e. The molecule has 5 heteroatoms. The number of aryl methyl sites for hydroxylation is 3. The van der Waals surface area contributed by atoms with Crippen LogP contribution in [0.3, 0.4) is 0 Å². The number of amides is 1. The van der Waals surface area contributed by atoms with Crippen molar-refractivity contribution in [1.29, 1.82) is 0 Å². The van der Waals surface area contributed by atoms with Gasteiger partial charge < -0.3 is 14.5 Å². The first-order valence-electron chi connectivity index (χ1n) is 9.11. The molecule has 138 valence electrons. The van der Waals surface area contributed by atoms with Crippen molar-refractivity contribution in [3.63, 3.8) is 0 Å². The zero-order chi connectivity index (χ0) is 19.0. The molecule has 4 rings (SSSR count). The van der Waals surface area contributed by atoms with Crippen LogP contribution in [0.2, 0.25) is 0 Å². The number of rotatable bonds is 4. The molecular formula is C22H21NO4. The Morgan fingerprint density at radius 1 is 1.11 bits per heavy atom. The average molecular weight is 363 g/mol. The summed E-state index contributed by atoms with van der Waals surface area (Å²) >= 11 is 0. The van der Waals surface area contributed by atoms with Crippen molar-refractivity contribution in [2.45, 2.75) is 33.1 Å². The molecule has 1 heterocycles. The van der Waals surface area contributed by atoms with E-state index < -0.39 is 0 Å². The lowest BCUT2D eigenvalue weighted by Crippen LogP contribution is -2.21. The van der Waals surface area contributed by atoms with E-state index in [0.717, 1.165) is 52.6 Å². The molecule has 1 aliphatic carbocycles. The summed E-state index contributed by atoms with van der Waals surface area (Å²) in [6, 6.07) is 11.3. The number of ether oxygens (including phenoxy) is 1. The van der Waals surface area contributed by atoms with Gasteiger partial charge in [-0.15, -0.1) is 0 Å². The van der Waals surface area contributed by atoms with Crippen LogP contribution in [0.5, 0.6) is 5.75 Å². The minimum absolute atomic E-state index is 0.115. The fourth-order valence-corrected chi connectivity index (χ4v) is 3.66. The van der Waals surface area contributed by atoms with Gasteiger partial charge in [0.05, 0.1) is 0 Å². The van der Waals surface area contributed by atoms with Gasteiger partial charge in [-0.1, -0.05) is 18.2 Å². The second-order valence-electron chi connectivity index (χ2n) is 6.92. The second-order valence-corrected chi connectivity index (χ2v) is 6.92. The highest BCUT2D eigenvalue weighted by Crippen LogP contribution is 2.33. The molecule has 0 fully saturated rings. The number of nitrogens with one attached hydrogen (secondary N) is 1. The van der Waals surface area contributed by atoms with Gasteiger partial charge in [0.25, 0.3) is 5.91 Å². The molecule has 0 saturated heterocycles. The molecule has 1 N–H and O–H groups in total. The minimum atomic E-state index is -0.257. The van der Waals surface area contributed by atoms with E-state index in [1.807, 2.05) is 50.2 Å². The topological polar surface area (TPSA) is 68.5 Å². The van der Waals surface area contributed by atoms with Crippen molar-refractivity contribution < 1.29 is 13.9 Å². The van der Waals surface area contributed by atoms with E-state index in [-0.39, 0.29) is 18.1 Å². The van der Waals surface area contributed by atoms with Gasteiger partial charge in [-0.2, -0.15) is 0 Å². The van der Waals surface area contributed by atoms with E-state index in [9.17, 15) is 9.59 Å². The number of anilines is 1. The first kappa shape index (κ1) is 17.3. The van der Waals surface area contributed by atoms with E-state index in [0.29, 0.717) is 11.3 Å². The predicted octanol–water partition coefficient (Wildman–Crippen LogP) is 3.92. The number of fused-ring (bicyclic) bond motifs is 3. The summed E-state index contributed by atoms with van der Waals surface area (Å²) in [5.41, 5.74) is 4.68. The Morgan fingerprint density at radius 2 is 1.89 bits per heavy atom. The Bertz CT molecular complexity index is 1100. The minimum Gasteiger partial charge on any atom is -0.483 e. The van der Waals surface area contributed by atoms with Crippen molar-refractivity contribution in [1.82, 2.24) is 0 Å². The van der Waals surface area contributed by atoms with Crippen molar-refractivity contribution in [2.24, 2.45) is 0 Å². The summed E-state index contributed by atoms with van der Waals surface area (Å²) in [6.45, 7) is 3.67. The molecule has 5 nitrogen and oxygen atoms in total. The number of hydrogen-bond donors (Lipinski definition) is 1. The third-order valence-electron chi connectivity index (χ3n) is 5.12. The van der Waals surface area contributed by atoms with Gasteiger partial charge in [0.1, 0.15) is 11.3 Å². The smallest absolute Gasteiger partial charge is 0.339 e. The molecule has 0 saturated carbocycles. The van der Waals surface area contributed by atoms with E-state index in [2.05, 4.69) is 5.32 Å². The number of benzene rings is 2. The molecule has 3 aromatic rings. The second kappa shape index (κ2) is 6.91. The fourth-order valence-electron chi connectivity index (χ4n) is 3.66. The molecule has 0 atom stereocenters. The average Bonchev–Trinajstić information content (AvgIpc) is 3.15. The predicted molar refractivity (Wildman–Crippen MR) is 105 cm³/mol. The zero-order valence-corrected chi connectivity index (χ0v) is 15.4. The number of para-hydroxylation sites is 1. The summed E-state index contributed by atoms with van der Waals surface area (Å²) in [4.78, 5) is 24.4. The molecule has 1 aliphatic rings. The monoisotopic (exact) mass is 363 g/mol. The van der Waals surface area contributed by atoms with Crippen LogP contribution in [0.15, 0.2) is 45.6 Å². The van der Waals surface area contributed by atoms with E-state index in [4.69, 9.17) is 9.15 Å². The Hall–Kier alpha value is -3.08. The number of hydrogen-bond acceptors (Lipinski definition) is 4. The molecule has 0 spiro atoms. The van der Waals surface area contributed by atoms with Crippen LogP contribution in [0.25, 0.3) is 11.0 Å². The van der Waals surface area contributed by atoms with Crippen LogP contribution in [-0.2, 0) is 17.6 Å². The van der Waals surface area contributed by atoms with E-state index >= 15 is 0 Å². The van der Waals surface area contributed by atoms with Crippen LogP contribution >= 0.6 is 0 Å². The van der Waals surface area contributed by atoms with Crippen LogP contribution in [0.1, 0.15) is 28.7 Å². The Labute approximate surface area is 157 Å². The maximum Gasteiger partial charge on any atom is 0.339 e. The summed E-state index contributed by atoms with van der Waals surface area (Å²) in [7, 11) is 0. The lowest BCUT2D eigenvalue weighted by molar-refractivity contribution is -0.118. The normalized spacial score (nSPS) is 12.8. The van der Waals surface area contributed by atoms with Crippen LogP contribution < -0.4 is 15.7 Å². The zero-order valence-electron chi connectivity index (χ0n) is 15.4. The van der Waals surface area contributed by atoms with Crippen molar-refractivity contribution in [3.8, 4) is 5.75 Å². The highest BCUT2D eigenvalue weighted by molar-refractivity contribution is 5.93. The lowest BCUT2D eigenvalue weighted by Gasteiger charge is -2.13. The third-order valence-corrected chi connectivity index (χ3v) is 5.12. The van der Waals surface area contributed by atoms with Crippen molar-refractivity contribution in [3.05, 3.63) is 69.1 Å². The van der Waals surface area contributed by atoms with Gasteiger partial charge in [-0.25, -0.2) is 4.79 Å².